The maximum atomic E-state index is 12.2. The maximum Gasteiger partial charge on any atom is 0.397 e. The van der Waals surface area contributed by atoms with E-state index in [1.165, 1.54) is 4.90 Å². The van der Waals surface area contributed by atoms with Crippen LogP contribution in [0.25, 0.3) is 0 Å². The van der Waals surface area contributed by atoms with Gasteiger partial charge in [-0.3, -0.25) is 4.79 Å². The molecule has 106 valence electrons. The third-order valence-electron chi connectivity index (χ3n) is 3.43. The van der Waals surface area contributed by atoms with Crippen molar-refractivity contribution in [1.82, 2.24) is 10.2 Å². The number of amides is 1. The minimum Gasteiger partial charge on any atom is -0.342 e. The van der Waals surface area contributed by atoms with E-state index in [1.807, 2.05) is 13.8 Å². The molecule has 0 saturated carbocycles. The standard InChI is InChI=1S/C12H21F3N2O/c1-3-9-8-17(6-5-10(9)16-4-2)11(18)7-12(13,14)15/h9-10,16H,3-8H2,1-2H3. The zero-order chi connectivity index (χ0) is 13.8. The molecule has 1 fully saturated rings. The van der Waals surface area contributed by atoms with Gasteiger partial charge in [0.25, 0.3) is 0 Å². The van der Waals surface area contributed by atoms with Crippen molar-refractivity contribution in [3.8, 4) is 0 Å². The number of carbonyl (C=O) groups excluding carboxylic acids is 1. The van der Waals surface area contributed by atoms with E-state index in [-0.39, 0.29) is 5.92 Å². The van der Waals surface area contributed by atoms with Gasteiger partial charge in [-0.15, -0.1) is 0 Å². The van der Waals surface area contributed by atoms with Crippen LogP contribution in [0.1, 0.15) is 33.1 Å². The fraction of sp³-hybridized carbons (Fsp3) is 0.917. The van der Waals surface area contributed by atoms with Crippen molar-refractivity contribution in [2.75, 3.05) is 19.6 Å². The van der Waals surface area contributed by atoms with E-state index >= 15 is 0 Å². The second-order valence-corrected chi connectivity index (χ2v) is 4.75. The average molecular weight is 266 g/mol. The second kappa shape index (κ2) is 6.41. The lowest BCUT2D eigenvalue weighted by molar-refractivity contribution is -0.162. The number of hydrogen-bond acceptors (Lipinski definition) is 2. The Labute approximate surface area is 106 Å². The molecule has 0 aromatic heterocycles. The molecule has 1 rings (SSSR count). The molecule has 1 heterocycles. The van der Waals surface area contributed by atoms with Crippen LogP contribution >= 0.6 is 0 Å². The van der Waals surface area contributed by atoms with Crippen molar-refractivity contribution in [3.05, 3.63) is 0 Å². The van der Waals surface area contributed by atoms with Gasteiger partial charge in [0, 0.05) is 19.1 Å². The zero-order valence-electron chi connectivity index (χ0n) is 10.9. The Balaban J connectivity index is 2.54. The van der Waals surface area contributed by atoms with E-state index in [2.05, 4.69) is 5.32 Å². The number of rotatable bonds is 4. The zero-order valence-corrected chi connectivity index (χ0v) is 10.9. The highest BCUT2D eigenvalue weighted by Crippen LogP contribution is 2.25. The topological polar surface area (TPSA) is 32.3 Å². The van der Waals surface area contributed by atoms with E-state index in [9.17, 15) is 18.0 Å². The lowest BCUT2D eigenvalue weighted by atomic mass is 9.89. The summed E-state index contributed by atoms with van der Waals surface area (Å²) in [6.45, 7) is 5.71. The van der Waals surface area contributed by atoms with Gasteiger partial charge in [0.1, 0.15) is 6.42 Å². The quantitative estimate of drug-likeness (QED) is 0.846. The van der Waals surface area contributed by atoms with E-state index < -0.39 is 18.5 Å². The maximum absolute atomic E-state index is 12.2. The van der Waals surface area contributed by atoms with Crippen molar-refractivity contribution in [2.45, 2.75) is 45.3 Å². The SMILES string of the molecule is CCNC1CCN(C(=O)CC(F)(F)F)CC1CC. The van der Waals surface area contributed by atoms with Crippen LogP contribution in [0.15, 0.2) is 0 Å². The minimum atomic E-state index is -4.41. The largest absolute Gasteiger partial charge is 0.397 e. The summed E-state index contributed by atoms with van der Waals surface area (Å²) in [5, 5.41) is 3.33. The molecule has 0 aromatic rings. The first-order valence-corrected chi connectivity index (χ1v) is 6.45. The van der Waals surface area contributed by atoms with Crippen molar-refractivity contribution >= 4 is 5.91 Å². The molecule has 6 heteroatoms. The van der Waals surface area contributed by atoms with Gasteiger partial charge in [-0.1, -0.05) is 20.3 Å². The highest BCUT2D eigenvalue weighted by atomic mass is 19.4. The Morgan fingerprint density at radius 3 is 2.56 bits per heavy atom. The highest BCUT2D eigenvalue weighted by molar-refractivity contribution is 5.77. The van der Waals surface area contributed by atoms with Gasteiger partial charge in [0.15, 0.2) is 0 Å². The second-order valence-electron chi connectivity index (χ2n) is 4.75. The van der Waals surface area contributed by atoms with Crippen LogP contribution in [0.2, 0.25) is 0 Å². The van der Waals surface area contributed by atoms with Crippen molar-refractivity contribution in [2.24, 2.45) is 5.92 Å². The number of alkyl halides is 3. The number of nitrogens with one attached hydrogen (secondary N) is 1. The van der Waals surface area contributed by atoms with Crippen LogP contribution in [0, 0.1) is 5.92 Å². The molecule has 1 N–H and O–H groups in total. The third kappa shape index (κ3) is 4.48. The summed E-state index contributed by atoms with van der Waals surface area (Å²) in [4.78, 5) is 12.9. The molecule has 1 aliphatic rings. The van der Waals surface area contributed by atoms with Crippen molar-refractivity contribution in [1.29, 1.82) is 0 Å². The molecule has 2 unspecified atom stereocenters. The lowest BCUT2D eigenvalue weighted by Gasteiger charge is -2.38. The van der Waals surface area contributed by atoms with E-state index in [0.717, 1.165) is 19.4 Å². The summed E-state index contributed by atoms with van der Waals surface area (Å²) < 4.78 is 36.5. The van der Waals surface area contributed by atoms with E-state index in [4.69, 9.17) is 0 Å². The third-order valence-corrected chi connectivity index (χ3v) is 3.43. The molecule has 1 amide bonds. The predicted molar refractivity (Wildman–Crippen MR) is 63.1 cm³/mol. The molecule has 0 aromatic carbocycles. The number of halogens is 3. The van der Waals surface area contributed by atoms with Gasteiger partial charge < -0.3 is 10.2 Å². The summed E-state index contributed by atoms with van der Waals surface area (Å²) in [6.07, 6.45) is -4.14. The molecular weight excluding hydrogens is 245 g/mol. The molecule has 1 saturated heterocycles. The molecule has 2 atom stereocenters. The monoisotopic (exact) mass is 266 g/mol. The highest BCUT2D eigenvalue weighted by Gasteiger charge is 2.36. The van der Waals surface area contributed by atoms with E-state index in [1.54, 1.807) is 0 Å². The molecule has 0 bridgehead atoms. The molecule has 3 nitrogen and oxygen atoms in total. The number of hydrogen-bond donors (Lipinski definition) is 1. The van der Waals surface area contributed by atoms with Crippen LogP contribution in [0.5, 0.6) is 0 Å². The van der Waals surface area contributed by atoms with Gasteiger partial charge in [-0.25, -0.2) is 0 Å². The Morgan fingerprint density at radius 2 is 2.06 bits per heavy atom. The Hall–Kier alpha value is -0.780. The van der Waals surface area contributed by atoms with Crippen LogP contribution in [0.4, 0.5) is 13.2 Å². The minimum absolute atomic E-state index is 0.246. The molecule has 1 aliphatic heterocycles. The van der Waals surface area contributed by atoms with Crippen LogP contribution in [-0.4, -0.2) is 42.7 Å². The predicted octanol–water partition coefficient (Wildman–Crippen LogP) is 2.18. The van der Waals surface area contributed by atoms with Gasteiger partial charge in [-0.2, -0.15) is 13.2 Å². The normalized spacial score (nSPS) is 25.3. The Bertz CT molecular complexity index is 281. The van der Waals surface area contributed by atoms with Crippen LogP contribution < -0.4 is 5.32 Å². The van der Waals surface area contributed by atoms with Gasteiger partial charge in [0.05, 0.1) is 0 Å². The summed E-state index contributed by atoms with van der Waals surface area (Å²) in [5.41, 5.74) is 0. The van der Waals surface area contributed by atoms with Gasteiger partial charge >= 0.3 is 6.18 Å². The molecule has 18 heavy (non-hydrogen) atoms. The van der Waals surface area contributed by atoms with Gasteiger partial charge in [0.2, 0.25) is 5.91 Å². The number of piperidine rings is 1. The summed E-state index contributed by atoms with van der Waals surface area (Å²) >= 11 is 0. The molecule has 0 aliphatic carbocycles. The summed E-state index contributed by atoms with van der Waals surface area (Å²) in [7, 11) is 0. The van der Waals surface area contributed by atoms with Crippen molar-refractivity contribution in [3.63, 3.8) is 0 Å². The Kier molecular flexibility index (Phi) is 5.44. The smallest absolute Gasteiger partial charge is 0.342 e. The summed E-state index contributed by atoms with van der Waals surface area (Å²) in [6, 6.07) is 0.315. The first-order valence-electron chi connectivity index (χ1n) is 6.45. The first kappa shape index (κ1) is 15.3. The van der Waals surface area contributed by atoms with Crippen LogP contribution in [-0.2, 0) is 4.79 Å². The number of carbonyl (C=O) groups is 1. The number of nitrogens with zero attached hydrogens (tertiary/aromatic N) is 1. The fourth-order valence-corrected chi connectivity index (χ4v) is 2.49. The van der Waals surface area contributed by atoms with E-state index in [0.29, 0.717) is 19.1 Å². The molecular formula is C12H21F3N2O. The average Bonchev–Trinajstić information content (AvgIpc) is 2.27. The lowest BCUT2D eigenvalue weighted by Crippen LogP contribution is -2.51. The summed E-state index contributed by atoms with van der Waals surface area (Å²) in [5.74, 6) is -0.549. The van der Waals surface area contributed by atoms with Gasteiger partial charge in [-0.05, 0) is 18.9 Å². The van der Waals surface area contributed by atoms with Crippen molar-refractivity contribution < 1.29 is 18.0 Å². The number of likely N-dealkylation sites (tertiary alicyclic amines) is 1. The molecule has 0 spiro atoms. The Morgan fingerprint density at radius 1 is 1.39 bits per heavy atom. The first-order chi connectivity index (χ1) is 8.37. The fourth-order valence-electron chi connectivity index (χ4n) is 2.49. The molecule has 0 radical (unpaired) electrons. The van der Waals surface area contributed by atoms with Crippen LogP contribution in [0.3, 0.4) is 0 Å².